The molecule has 3 aromatic carbocycles. The SMILES string of the molecule is COc1cc(OC)cc(C(=O)OCC(=O)N[C@@H](Cc2ccccc2)c2ccccc2)c1. The van der Waals surface area contributed by atoms with Crippen molar-refractivity contribution in [2.24, 2.45) is 0 Å². The Hall–Kier alpha value is -3.80. The number of benzene rings is 3. The van der Waals surface area contributed by atoms with Gasteiger partial charge in [0.1, 0.15) is 11.5 Å². The van der Waals surface area contributed by atoms with Crippen molar-refractivity contribution < 1.29 is 23.8 Å². The van der Waals surface area contributed by atoms with Crippen LogP contribution in [0.3, 0.4) is 0 Å². The number of hydrogen-bond acceptors (Lipinski definition) is 5. The molecule has 0 aliphatic heterocycles. The Morgan fingerprint density at radius 1 is 0.839 bits per heavy atom. The molecule has 0 aromatic heterocycles. The third-order valence-corrected chi connectivity index (χ3v) is 4.74. The predicted molar refractivity (Wildman–Crippen MR) is 117 cm³/mol. The molecule has 0 fully saturated rings. The summed E-state index contributed by atoms with van der Waals surface area (Å²) >= 11 is 0. The van der Waals surface area contributed by atoms with Crippen LogP contribution in [0.1, 0.15) is 27.5 Å². The van der Waals surface area contributed by atoms with Gasteiger partial charge in [-0.25, -0.2) is 4.79 Å². The molecule has 0 unspecified atom stereocenters. The van der Waals surface area contributed by atoms with Gasteiger partial charge in [0.2, 0.25) is 0 Å². The summed E-state index contributed by atoms with van der Waals surface area (Å²) in [4.78, 5) is 25.0. The number of rotatable bonds is 9. The fourth-order valence-electron chi connectivity index (χ4n) is 3.16. The van der Waals surface area contributed by atoms with E-state index in [1.54, 1.807) is 6.07 Å². The molecular formula is C25H25NO5. The smallest absolute Gasteiger partial charge is 0.338 e. The zero-order chi connectivity index (χ0) is 22.1. The Bertz CT molecular complexity index is 983. The zero-order valence-electron chi connectivity index (χ0n) is 17.5. The lowest BCUT2D eigenvalue weighted by Crippen LogP contribution is -2.33. The molecule has 0 spiro atoms. The highest BCUT2D eigenvalue weighted by molar-refractivity contribution is 5.92. The van der Waals surface area contributed by atoms with Gasteiger partial charge in [-0.15, -0.1) is 0 Å². The summed E-state index contributed by atoms with van der Waals surface area (Å²) in [7, 11) is 2.99. The molecule has 0 radical (unpaired) electrons. The van der Waals surface area contributed by atoms with Gasteiger partial charge in [0.05, 0.1) is 25.8 Å². The molecule has 1 amide bonds. The molecule has 0 aliphatic carbocycles. The van der Waals surface area contributed by atoms with E-state index in [9.17, 15) is 9.59 Å². The first-order valence-electron chi connectivity index (χ1n) is 9.87. The van der Waals surface area contributed by atoms with Crippen molar-refractivity contribution in [2.45, 2.75) is 12.5 Å². The maximum Gasteiger partial charge on any atom is 0.338 e. The second kappa shape index (κ2) is 10.8. The van der Waals surface area contributed by atoms with Gasteiger partial charge < -0.3 is 19.5 Å². The van der Waals surface area contributed by atoms with E-state index >= 15 is 0 Å². The van der Waals surface area contributed by atoms with Crippen LogP contribution in [0.5, 0.6) is 11.5 Å². The van der Waals surface area contributed by atoms with E-state index in [-0.39, 0.29) is 17.5 Å². The number of hydrogen-bond donors (Lipinski definition) is 1. The largest absolute Gasteiger partial charge is 0.497 e. The lowest BCUT2D eigenvalue weighted by Gasteiger charge is -2.19. The van der Waals surface area contributed by atoms with Crippen molar-refractivity contribution in [2.75, 3.05) is 20.8 Å². The fourth-order valence-corrected chi connectivity index (χ4v) is 3.16. The molecule has 0 heterocycles. The minimum absolute atomic E-state index is 0.243. The standard InChI is InChI=1S/C25H25NO5/c1-29-21-14-20(15-22(16-21)30-2)25(28)31-17-24(27)26-23(19-11-7-4-8-12-19)13-18-9-5-3-6-10-18/h3-12,14-16,23H,13,17H2,1-2H3,(H,26,27)/t23-/m0/s1. The van der Waals surface area contributed by atoms with E-state index in [0.29, 0.717) is 17.9 Å². The van der Waals surface area contributed by atoms with Crippen LogP contribution in [-0.4, -0.2) is 32.7 Å². The Labute approximate surface area is 181 Å². The Morgan fingerprint density at radius 2 is 1.42 bits per heavy atom. The van der Waals surface area contributed by atoms with Crippen LogP contribution in [0.2, 0.25) is 0 Å². The number of amides is 1. The molecule has 1 N–H and O–H groups in total. The highest BCUT2D eigenvalue weighted by Crippen LogP contribution is 2.23. The van der Waals surface area contributed by atoms with Gasteiger partial charge in [-0.2, -0.15) is 0 Å². The molecular weight excluding hydrogens is 394 g/mol. The van der Waals surface area contributed by atoms with Crippen LogP contribution >= 0.6 is 0 Å². The highest BCUT2D eigenvalue weighted by atomic mass is 16.5. The number of nitrogens with one attached hydrogen (secondary N) is 1. The predicted octanol–water partition coefficient (Wildman–Crippen LogP) is 3.96. The summed E-state index contributed by atoms with van der Waals surface area (Å²) < 4.78 is 15.5. The number of methoxy groups -OCH3 is 2. The summed E-state index contributed by atoms with van der Waals surface area (Å²) in [6.07, 6.45) is 0.623. The first kappa shape index (κ1) is 21.9. The molecule has 6 heteroatoms. The van der Waals surface area contributed by atoms with E-state index in [0.717, 1.165) is 11.1 Å². The van der Waals surface area contributed by atoms with Gasteiger partial charge in [0.15, 0.2) is 6.61 Å². The number of carbonyl (C=O) groups is 2. The quantitative estimate of drug-likeness (QED) is 0.532. The first-order valence-corrected chi connectivity index (χ1v) is 9.87. The van der Waals surface area contributed by atoms with Crippen molar-refractivity contribution in [1.29, 1.82) is 0 Å². The van der Waals surface area contributed by atoms with Crippen molar-refractivity contribution in [3.8, 4) is 11.5 Å². The summed E-state index contributed by atoms with van der Waals surface area (Å²) in [5, 5.41) is 2.97. The Kier molecular flexibility index (Phi) is 7.65. The van der Waals surface area contributed by atoms with E-state index in [1.807, 2.05) is 60.7 Å². The Morgan fingerprint density at radius 3 is 2.00 bits per heavy atom. The molecule has 31 heavy (non-hydrogen) atoms. The number of esters is 1. The molecule has 3 rings (SSSR count). The van der Waals surface area contributed by atoms with Gasteiger partial charge in [0, 0.05) is 6.07 Å². The molecule has 0 aliphatic rings. The summed E-state index contributed by atoms with van der Waals surface area (Å²) in [5.41, 5.74) is 2.31. The van der Waals surface area contributed by atoms with Crippen LogP contribution in [0.15, 0.2) is 78.9 Å². The van der Waals surface area contributed by atoms with Crippen molar-refractivity contribution in [3.63, 3.8) is 0 Å². The van der Waals surface area contributed by atoms with Crippen LogP contribution in [-0.2, 0) is 16.0 Å². The van der Waals surface area contributed by atoms with Gasteiger partial charge in [-0.3, -0.25) is 4.79 Å². The minimum atomic E-state index is -0.633. The zero-order valence-corrected chi connectivity index (χ0v) is 17.5. The molecule has 0 saturated carbocycles. The molecule has 3 aromatic rings. The molecule has 0 saturated heterocycles. The summed E-state index contributed by atoms with van der Waals surface area (Å²) in [6.45, 7) is -0.392. The van der Waals surface area contributed by atoms with Crippen LogP contribution in [0.4, 0.5) is 0 Å². The lowest BCUT2D eigenvalue weighted by atomic mass is 9.99. The number of carbonyl (C=O) groups excluding carboxylic acids is 2. The van der Waals surface area contributed by atoms with E-state index < -0.39 is 12.6 Å². The summed E-state index contributed by atoms with van der Waals surface area (Å²) in [5.74, 6) is -0.0924. The topological polar surface area (TPSA) is 73.9 Å². The molecule has 0 bridgehead atoms. The van der Waals surface area contributed by atoms with Crippen LogP contribution in [0.25, 0.3) is 0 Å². The monoisotopic (exact) mass is 419 g/mol. The Balaban J connectivity index is 1.65. The second-order valence-corrected chi connectivity index (χ2v) is 6.90. The van der Waals surface area contributed by atoms with Gasteiger partial charge >= 0.3 is 5.97 Å². The average Bonchev–Trinajstić information content (AvgIpc) is 2.83. The van der Waals surface area contributed by atoms with Crippen LogP contribution in [0, 0.1) is 0 Å². The van der Waals surface area contributed by atoms with Crippen LogP contribution < -0.4 is 14.8 Å². The van der Waals surface area contributed by atoms with E-state index in [2.05, 4.69) is 5.32 Å². The lowest BCUT2D eigenvalue weighted by molar-refractivity contribution is -0.125. The fraction of sp³-hybridized carbons (Fsp3) is 0.200. The third-order valence-electron chi connectivity index (χ3n) is 4.74. The third kappa shape index (κ3) is 6.34. The van der Waals surface area contributed by atoms with Crippen molar-refractivity contribution in [3.05, 3.63) is 95.6 Å². The second-order valence-electron chi connectivity index (χ2n) is 6.90. The average molecular weight is 419 g/mol. The van der Waals surface area contributed by atoms with Gasteiger partial charge in [0.25, 0.3) is 5.91 Å². The maximum absolute atomic E-state index is 12.6. The van der Waals surface area contributed by atoms with Crippen molar-refractivity contribution in [1.82, 2.24) is 5.32 Å². The highest BCUT2D eigenvalue weighted by Gasteiger charge is 2.18. The van der Waals surface area contributed by atoms with E-state index in [1.165, 1.54) is 26.4 Å². The maximum atomic E-state index is 12.6. The normalized spacial score (nSPS) is 11.3. The van der Waals surface area contributed by atoms with Gasteiger partial charge in [-0.1, -0.05) is 60.7 Å². The van der Waals surface area contributed by atoms with Gasteiger partial charge in [-0.05, 0) is 29.7 Å². The van der Waals surface area contributed by atoms with Crippen molar-refractivity contribution >= 4 is 11.9 Å². The molecule has 6 nitrogen and oxygen atoms in total. The molecule has 1 atom stereocenters. The molecule has 160 valence electrons. The number of ether oxygens (including phenoxy) is 3. The first-order chi connectivity index (χ1) is 15.1. The minimum Gasteiger partial charge on any atom is -0.497 e. The van der Waals surface area contributed by atoms with E-state index in [4.69, 9.17) is 14.2 Å². The summed E-state index contributed by atoms with van der Waals surface area (Å²) in [6, 6.07) is 24.1.